The molecule has 9 heteroatoms. The number of halogens is 3. The van der Waals surface area contributed by atoms with Crippen LogP contribution in [-0.4, -0.2) is 16.0 Å². The Morgan fingerprint density at radius 2 is 1.75 bits per heavy atom. The lowest BCUT2D eigenvalue weighted by Crippen LogP contribution is -2.34. The lowest BCUT2D eigenvalue weighted by atomic mass is 10.0. The fourth-order valence-electron chi connectivity index (χ4n) is 2.55. The van der Waals surface area contributed by atoms with Gasteiger partial charge in [-0.2, -0.15) is 13.2 Å². The third-order valence-electron chi connectivity index (χ3n) is 3.82. The quantitative estimate of drug-likeness (QED) is 0.637. The Morgan fingerprint density at radius 3 is 2.36 bits per heavy atom. The molecule has 1 aromatic carbocycles. The number of carbonyl (C=O) groups is 1. The van der Waals surface area contributed by atoms with Crippen molar-refractivity contribution in [3.05, 3.63) is 94.2 Å². The van der Waals surface area contributed by atoms with Crippen molar-refractivity contribution in [2.24, 2.45) is 0 Å². The Kier molecular flexibility index (Phi) is 5.44. The average Bonchev–Trinajstić information content (AvgIpc) is 2.66. The molecule has 0 bridgehead atoms. The highest BCUT2D eigenvalue weighted by molar-refractivity contribution is 5.89. The fraction of sp³-hybridized carbons (Fsp3) is 0.105. The molecule has 6 nitrogen and oxygen atoms in total. The van der Waals surface area contributed by atoms with Crippen LogP contribution in [0.15, 0.2) is 71.7 Å². The fourth-order valence-corrected chi connectivity index (χ4v) is 2.55. The molecule has 3 N–H and O–H groups in total. The predicted octanol–water partition coefficient (Wildman–Crippen LogP) is 3.70. The maximum Gasteiger partial charge on any atom is 0.433 e. The van der Waals surface area contributed by atoms with Gasteiger partial charge in [-0.15, -0.1) is 0 Å². The summed E-state index contributed by atoms with van der Waals surface area (Å²) in [6, 6.07) is 14.0. The van der Waals surface area contributed by atoms with Crippen LogP contribution in [0.2, 0.25) is 0 Å². The van der Waals surface area contributed by atoms with Gasteiger partial charge in [0, 0.05) is 11.8 Å². The Bertz CT molecular complexity index is 1000. The van der Waals surface area contributed by atoms with E-state index in [0.717, 1.165) is 18.3 Å². The van der Waals surface area contributed by atoms with Gasteiger partial charge in [0.2, 0.25) is 5.56 Å². The maximum absolute atomic E-state index is 12.6. The molecule has 28 heavy (non-hydrogen) atoms. The van der Waals surface area contributed by atoms with Gasteiger partial charge in [-0.05, 0) is 23.8 Å². The van der Waals surface area contributed by atoms with Crippen LogP contribution < -0.4 is 16.2 Å². The third kappa shape index (κ3) is 4.76. The molecule has 2 heterocycles. The van der Waals surface area contributed by atoms with Crippen LogP contribution in [0.4, 0.5) is 23.7 Å². The van der Waals surface area contributed by atoms with E-state index in [1.165, 1.54) is 6.07 Å². The van der Waals surface area contributed by atoms with Gasteiger partial charge in [-0.1, -0.05) is 36.4 Å². The second kappa shape index (κ2) is 7.95. The van der Waals surface area contributed by atoms with E-state index < -0.39 is 23.9 Å². The number of hydrogen-bond donors (Lipinski definition) is 3. The van der Waals surface area contributed by atoms with Crippen LogP contribution in [0.5, 0.6) is 0 Å². The molecule has 0 fully saturated rings. The van der Waals surface area contributed by atoms with E-state index in [1.807, 2.05) is 6.07 Å². The van der Waals surface area contributed by atoms with Crippen LogP contribution in [0, 0.1) is 0 Å². The highest BCUT2D eigenvalue weighted by Crippen LogP contribution is 2.27. The van der Waals surface area contributed by atoms with Crippen LogP contribution >= 0.6 is 0 Å². The summed E-state index contributed by atoms with van der Waals surface area (Å²) >= 11 is 0. The van der Waals surface area contributed by atoms with Gasteiger partial charge in [0.1, 0.15) is 5.69 Å². The number of aromatic nitrogens is 2. The van der Waals surface area contributed by atoms with Crippen molar-refractivity contribution in [2.45, 2.75) is 12.2 Å². The molecular formula is C19H15F3N4O2. The highest BCUT2D eigenvalue weighted by atomic mass is 19.4. The van der Waals surface area contributed by atoms with Crippen molar-refractivity contribution in [3.8, 4) is 0 Å². The number of nitrogens with zero attached hydrogens (tertiary/aromatic N) is 1. The van der Waals surface area contributed by atoms with E-state index in [-0.39, 0.29) is 11.2 Å². The van der Waals surface area contributed by atoms with Gasteiger partial charge in [0.25, 0.3) is 0 Å². The number of pyridine rings is 2. The molecule has 0 aliphatic carbocycles. The summed E-state index contributed by atoms with van der Waals surface area (Å²) in [5, 5.41) is 5.13. The first kappa shape index (κ1) is 19.2. The van der Waals surface area contributed by atoms with E-state index in [0.29, 0.717) is 11.3 Å². The van der Waals surface area contributed by atoms with Gasteiger partial charge in [0.05, 0.1) is 17.9 Å². The molecule has 0 aliphatic heterocycles. The summed E-state index contributed by atoms with van der Waals surface area (Å²) in [5.41, 5.74) is -0.113. The van der Waals surface area contributed by atoms with Gasteiger partial charge in [-0.25, -0.2) is 9.78 Å². The van der Waals surface area contributed by atoms with Crippen molar-refractivity contribution >= 4 is 11.7 Å². The number of hydrogen-bond acceptors (Lipinski definition) is 3. The molecule has 0 saturated carbocycles. The standard InChI is InChI=1S/C19H15F3N4O2/c20-19(21,22)15-10-9-13(11-23-15)24-18(28)26-17(12-5-2-1-3-6-12)14-7-4-8-16(27)25-14/h1-11,17H,(H,25,27)(H2,24,26,28). The first-order chi connectivity index (χ1) is 13.3. The van der Waals surface area contributed by atoms with E-state index in [1.54, 1.807) is 36.4 Å². The van der Waals surface area contributed by atoms with Crippen molar-refractivity contribution in [1.82, 2.24) is 15.3 Å². The summed E-state index contributed by atoms with van der Waals surface area (Å²) < 4.78 is 37.7. The molecule has 2 aromatic heterocycles. The van der Waals surface area contributed by atoms with Crippen molar-refractivity contribution < 1.29 is 18.0 Å². The predicted molar refractivity (Wildman–Crippen MR) is 96.7 cm³/mol. The minimum absolute atomic E-state index is 0.0962. The third-order valence-corrected chi connectivity index (χ3v) is 3.82. The zero-order chi connectivity index (χ0) is 20.1. The number of benzene rings is 1. The Hall–Kier alpha value is -3.62. The normalized spacial score (nSPS) is 12.2. The Balaban J connectivity index is 1.79. The molecule has 3 rings (SSSR count). The maximum atomic E-state index is 12.6. The summed E-state index contributed by atoms with van der Waals surface area (Å²) in [6.45, 7) is 0. The second-order valence-electron chi connectivity index (χ2n) is 5.84. The lowest BCUT2D eigenvalue weighted by molar-refractivity contribution is -0.141. The molecule has 144 valence electrons. The van der Waals surface area contributed by atoms with Crippen molar-refractivity contribution in [3.63, 3.8) is 0 Å². The largest absolute Gasteiger partial charge is 0.433 e. The number of nitrogens with one attached hydrogen (secondary N) is 3. The highest BCUT2D eigenvalue weighted by Gasteiger charge is 2.32. The smallest absolute Gasteiger partial charge is 0.325 e. The monoisotopic (exact) mass is 388 g/mol. The first-order valence-electron chi connectivity index (χ1n) is 8.18. The zero-order valence-electron chi connectivity index (χ0n) is 14.3. The van der Waals surface area contributed by atoms with E-state index >= 15 is 0 Å². The molecule has 1 atom stereocenters. The molecule has 3 aromatic rings. The number of carbonyl (C=O) groups excluding carboxylic acids is 1. The van der Waals surface area contributed by atoms with E-state index in [4.69, 9.17) is 0 Å². The second-order valence-corrected chi connectivity index (χ2v) is 5.84. The molecule has 0 spiro atoms. The number of rotatable bonds is 4. The molecule has 0 saturated heterocycles. The van der Waals surface area contributed by atoms with E-state index in [9.17, 15) is 22.8 Å². The number of urea groups is 1. The summed E-state index contributed by atoms with van der Waals surface area (Å²) in [6.07, 6.45) is -3.64. The minimum Gasteiger partial charge on any atom is -0.325 e. The number of anilines is 1. The van der Waals surface area contributed by atoms with Crippen molar-refractivity contribution in [1.29, 1.82) is 0 Å². The minimum atomic E-state index is -4.56. The Labute approximate surface area is 157 Å². The molecular weight excluding hydrogens is 373 g/mol. The number of aromatic amines is 1. The van der Waals surface area contributed by atoms with Crippen molar-refractivity contribution in [2.75, 3.05) is 5.32 Å². The average molecular weight is 388 g/mol. The Morgan fingerprint density at radius 1 is 1.00 bits per heavy atom. The molecule has 0 radical (unpaired) electrons. The number of H-pyrrole nitrogens is 1. The summed E-state index contributed by atoms with van der Waals surface area (Å²) in [5.74, 6) is 0. The van der Waals surface area contributed by atoms with Crippen LogP contribution in [0.3, 0.4) is 0 Å². The van der Waals surface area contributed by atoms with Gasteiger partial charge >= 0.3 is 12.2 Å². The molecule has 2 amide bonds. The summed E-state index contributed by atoms with van der Waals surface area (Å²) in [7, 11) is 0. The number of amides is 2. The van der Waals surface area contributed by atoms with Crippen LogP contribution in [-0.2, 0) is 6.18 Å². The molecule has 1 unspecified atom stereocenters. The van der Waals surface area contributed by atoms with Crippen LogP contribution in [0.1, 0.15) is 23.0 Å². The zero-order valence-corrected chi connectivity index (χ0v) is 14.3. The van der Waals surface area contributed by atoms with Gasteiger partial charge in [0.15, 0.2) is 0 Å². The SMILES string of the molecule is O=C(Nc1ccc(C(F)(F)F)nc1)NC(c1ccccc1)c1cccc(=O)[nH]1. The topological polar surface area (TPSA) is 86.9 Å². The lowest BCUT2D eigenvalue weighted by Gasteiger charge is -2.19. The first-order valence-corrected chi connectivity index (χ1v) is 8.18. The van der Waals surface area contributed by atoms with Gasteiger partial charge < -0.3 is 15.6 Å². The number of alkyl halides is 3. The van der Waals surface area contributed by atoms with E-state index in [2.05, 4.69) is 20.6 Å². The van der Waals surface area contributed by atoms with Gasteiger partial charge in [-0.3, -0.25) is 4.79 Å². The van der Waals surface area contributed by atoms with Crippen LogP contribution in [0.25, 0.3) is 0 Å². The molecule has 0 aliphatic rings. The summed E-state index contributed by atoms with van der Waals surface area (Å²) in [4.78, 5) is 30.0.